The molecule has 1 aliphatic rings. The molecule has 114 valence electrons. The minimum Gasteiger partial charge on any atom is -0.480 e. The molecule has 1 aromatic carbocycles. The molecule has 1 aromatic rings. The average Bonchev–Trinajstić information content (AvgIpc) is 2.91. The van der Waals surface area contributed by atoms with Crippen LogP contribution in [0.3, 0.4) is 0 Å². The fraction of sp³-hybridized carbons (Fsp3) is 0.429. The number of aliphatic carboxylic acids is 1. The molecule has 0 spiro atoms. The van der Waals surface area contributed by atoms with Crippen molar-refractivity contribution in [1.82, 2.24) is 5.32 Å². The van der Waals surface area contributed by atoms with Crippen molar-refractivity contribution in [3.63, 3.8) is 0 Å². The van der Waals surface area contributed by atoms with Crippen LogP contribution >= 0.6 is 11.6 Å². The van der Waals surface area contributed by atoms with Crippen molar-refractivity contribution in [2.75, 3.05) is 12.7 Å². The summed E-state index contributed by atoms with van der Waals surface area (Å²) in [6.07, 6.45) is 0.401. The summed E-state index contributed by atoms with van der Waals surface area (Å²) in [4.78, 5) is 22.8. The molecule has 0 aliphatic carbocycles. The Morgan fingerprint density at radius 1 is 1.38 bits per heavy atom. The lowest BCUT2D eigenvalue weighted by molar-refractivity contribution is -0.141. The lowest BCUT2D eigenvalue weighted by Gasteiger charge is -2.16. The van der Waals surface area contributed by atoms with Crippen molar-refractivity contribution >= 4 is 23.5 Å². The molecule has 21 heavy (non-hydrogen) atoms. The number of carboxylic acids is 1. The maximum atomic E-state index is 12.0. The summed E-state index contributed by atoms with van der Waals surface area (Å²) >= 11 is 5.83. The summed E-state index contributed by atoms with van der Waals surface area (Å²) in [7, 11) is 0. The van der Waals surface area contributed by atoms with Crippen LogP contribution in [0.15, 0.2) is 18.2 Å². The largest absolute Gasteiger partial charge is 0.480 e. The van der Waals surface area contributed by atoms with Gasteiger partial charge in [0.1, 0.15) is 6.04 Å². The first-order chi connectivity index (χ1) is 10.0. The van der Waals surface area contributed by atoms with Crippen LogP contribution in [0.2, 0.25) is 0 Å². The van der Waals surface area contributed by atoms with Crippen LogP contribution in [-0.4, -0.2) is 35.7 Å². The Kier molecular flexibility index (Phi) is 4.90. The normalized spacial score (nSPS) is 15.3. The van der Waals surface area contributed by atoms with Crippen molar-refractivity contribution in [3.05, 3.63) is 23.8 Å². The fourth-order valence-corrected chi connectivity index (χ4v) is 2.21. The van der Waals surface area contributed by atoms with E-state index >= 15 is 0 Å². The monoisotopic (exact) mass is 313 g/mol. The molecular formula is C14H16ClNO5. The highest BCUT2D eigenvalue weighted by Crippen LogP contribution is 2.33. The molecule has 7 heteroatoms. The van der Waals surface area contributed by atoms with Crippen molar-refractivity contribution in [3.8, 4) is 11.5 Å². The van der Waals surface area contributed by atoms with Crippen LogP contribution in [0.5, 0.6) is 11.5 Å². The van der Waals surface area contributed by atoms with Gasteiger partial charge in [0.2, 0.25) is 12.7 Å². The Labute approximate surface area is 127 Å². The number of ether oxygens (including phenoxy) is 2. The third-order valence-electron chi connectivity index (χ3n) is 3.21. The van der Waals surface area contributed by atoms with Crippen molar-refractivity contribution in [2.45, 2.75) is 19.4 Å². The van der Waals surface area contributed by atoms with Gasteiger partial charge < -0.3 is 19.9 Å². The van der Waals surface area contributed by atoms with Gasteiger partial charge >= 0.3 is 5.97 Å². The van der Waals surface area contributed by atoms with E-state index in [4.69, 9.17) is 26.2 Å². The number of hydrogen-bond donors (Lipinski definition) is 2. The van der Waals surface area contributed by atoms with Gasteiger partial charge in [-0.2, -0.15) is 0 Å². The molecule has 2 rings (SSSR count). The zero-order valence-corrected chi connectivity index (χ0v) is 12.2. The highest BCUT2D eigenvalue weighted by molar-refractivity contribution is 6.19. The highest BCUT2D eigenvalue weighted by Gasteiger charge is 2.23. The maximum absolute atomic E-state index is 12.0. The van der Waals surface area contributed by atoms with Crippen LogP contribution in [-0.2, 0) is 16.0 Å². The number of halogens is 1. The number of carbonyl (C=O) groups is 2. The Morgan fingerprint density at radius 3 is 2.76 bits per heavy atom. The maximum Gasteiger partial charge on any atom is 0.325 e. The van der Waals surface area contributed by atoms with Gasteiger partial charge in [-0.3, -0.25) is 9.59 Å². The van der Waals surface area contributed by atoms with E-state index in [1.807, 2.05) is 6.07 Å². The van der Waals surface area contributed by atoms with E-state index in [9.17, 15) is 9.59 Å². The first kappa shape index (κ1) is 15.4. The van der Waals surface area contributed by atoms with Crippen LogP contribution in [0.25, 0.3) is 0 Å². The van der Waals surface area contributed by atoms with Gasteiger partial charge in [0.15, 0.2) is 11.5 Å². The van der Waals surface area contributed by atoms with E-state index in [1.165, 1.54) is 6.92 Å². The predicted molar refractivity (Wildman–Crippen MR) is 75.7 cm³/mol. The average molecular weight is 314 g/mol. The van der Waals surface area contributed by atoms with E-state index in [2.05, 4.69) is 5.32 Å². The summed E-state index contributed by atoms with van der Waals surface area (Å²) in [6, 6.07) is 4.47. The van der Waals surface area contributed by atoms with Gasteiger partial charge in [0.05, 0.1) is 5.92 Å². The van der Waals surface area contributed by atoms with E-state index in [-0.39, 0.29) is 18.6 Å². The van der Waals surface area contributed by atoms with Gasteiger partial charge in [-0.25, -0.2) is 0 Å². The molecule has 0 radical (unpaired) electrons. The smallest absolute Gasteiger partial charge is 0.325 e. The van der Waals surface area contributed by atoms with E-state index in [0.717, 1.165) is 5.56 Å². The third kappa shape index (κ3) is 3.78. The molecule has 1 aliphatic heterocycles. The van der Waals surface area contributed by atoms with Crippen molar-refractivity contribution in [2.24, 2.45) is 5.92 Å². The second-order valence-electron chi connectivity index (χ2n) is 4.81. The molecule has 0 aromatic heterocycles. The number of rotatable bonds is 6. The van der Waals surface area contributed by atoms with Crippen molar-refractivity contribution < 1.29 is 24.2 Å². The molecule has 0 fully saturated rings. The zero-order valence-electron chi connectivity index (χ0n) is 11.5. The minimum absolute atomic E-state index is 0.104. The number of hydrogen-bond acceptors (Lipinski definition) is 4. The Hall–Kier alpha value is -1.95. The van der Waals surface area contributed by atoms with E-state index < -0.39 is 17.9 Å². The SMILES string of the molecule is CC(NC(=O)[C@H](CCl)Cc1ccc2c(c1)OCO2)C(=O)O. The summed E-state index contributed by atoms with van der Waals surface area (Å²) in [5.74, 6) is -0.552. The lowest BCUT2D eigenvalue weighted by Crippen LogP contribution is -2.42. The number of alkyl halides is 1. The Balaban J connectivity index is 2.01. The fourth-order valence-electron chi connectivity index (χ4n) is 1.96. The topological polar surface area (TPSA) is 84.9 Å². The molecule has 2 atom stereocenters. The summed E-state index contributed by atoms with van der Waals surface area (Å²) in [5.41, 5.74) is 0.878. The molecule has 2 N–H and O–H groups in total. The van der Waals surface area contributed by atoms with Gasteiger partial charge in [-0.05, 0) is 31.0 Å². The zero-order chi connectivity index (χ0) is 15.4. The third-order valence-corrected chi connectivity index (χ3v) is 3.58. The number of nitrogens with one attached hydrogen (secondary N) is 1. The second-order valence-corrected chi connectivity index (χ2v) is 5.12. The highest BCUT2D eigenvalue weighted by atomic mass is 35.5. The number of fused-ring (bicyclic) bond motifs is 1. The van der Waals surface area contributed by atoms with Crippen LogP contribution in [0, 0.1) is 5.92 Å². The first-order valence-electron chi connectivity index (χ1n) is 6.49. The van der Waals surface area contributed by atoms with Gasteiger partial charge in [0.25, 0.3) is 0 Å². The standard InChI is InChI=1S/C14H16ClNO5/c1-8(14(18)19)16-13(17)10(6-15)4-9-2-3-11-12(5-9)21-7-20-11/h2-3,5,8,10H,4,6-7H2,1H3,(H,16,17)(H,18,19)/t8?,10-/m0/s1. The number of benzene rings is 1. The molecule has 0 bridgehead atoms. The number of amides is 1. The molecule has 0 saturated carbocycles. The first-order valence-corrected chi connectivity index (χ1v) is 7.02. The van der Waals surface area contributed by atoms with Gasteiger partial charge in [-0.15, -0.1) is 11.6 Å². The minimum atomic E-state index is -1.08. The van der Waals surface area contributed by atoms with Gasteiger partial charge in [0, 0.05) is 5.88 Å². The van der Waals surface area contributed by atoms with E-state index in [0.29, 0.717) is 17.9 Å². The van der Waals surface area contributed by atoms with Crippen LogP contribution in [0.1, 0.15) is 12.5 Å². The Morgan fingerprint density at radius 2 is 2.10 bits per heavy atom. The summed E-state index contributed by atoms with van der Waals surface area (Å²) < 4.78 is 10.5. The molecule has 1 unspecified atom stereocenters. The predicted octanol–water partition coefficient (Wildman–Crippen LogP) is 1.40. The molecular weight excluding hydrogens is 298 g/mol. The van der Waals surface area contributed by atoms with Crippen LogP contribution in [0.4, 0.5) is 0 Å². The molecule has 0 saturated heterocycles. The van der Waals surface area contributed by atoms with Crippen molar-refractivity contribution in [1.29, 1.82) is 0 Å². The number of carbonyl (C=O) groups excluding carboxylic acids is 1. The summed E-state index contributed by atoms with van der Waals surface area (Å²) in [6.45, 7) is 1.60. The Bertz CT molecular complexity index is 548. The molecule has 6 nitrogen and oxygen atoms in total. The lowest BCUT2D eigenvalue weighted by atomic mass is 9.99. The van der Waals surface area contributed by atoms with Crippen LogP contribution < -0.4 is 14.8 Å². The number of carboxylic acid groups (broad SMARTS) is 1. The van der Waals surface area contributed by atoms with E-state index in [1.54, 1.807) is 12.1 Å². The molecule has 1 heterocycles. The van der Waals surface area contributed by atoms with Gasteiger partial charge in [-0.1, -0.05) is 6.07 Å². The second kappa shape index (κ2) is 6.67. The quantitative estimate of drug-likeness (QED) is 0.776. The molecule has 1 amide bonds. The summed E-state index contributed by atoms with van der Waals surface area (Å²) in [5, 5.41) is 11.2.